The van der Waals surface area contributed by atoms with E-state index in [-0.39, 0.29) is 16.2 Å². The second-order valence-electron chi connectivity index (χ2n) is 4.64. The maximum absolute atomic E-state index is 10.2. The lowest BCUT2D eigenvalue weighted by molar-refractivity contribution is 0.196. The highest BCUT2D eigenvalue weighted by atomic mass is 32.1. The molecule has 0 aliphatic heterocycles. The van der Waals surface area contributed by atoms with Gasteiger partial charge in [-0.05, 0) is 39.7 Å². The Morgan fingerprint density at radius 3 is 2.68 bits per heavy atom. The fourth-order valence-electron chi connectivity index (χ4n) is 1.91. The minimum absolute atomic E-state index is 0.197. The molecule has 19 heavy (non-hydrogen) atoms. The van der Waals surface area contributed by atoms with Crippen molar-refractivity contribution in [1.29, 1.82) is 0 Å². The molecule has 6 heteroatoms. The largest absolute Gasteiger partial charge is 0.506 e. The predicted molar refractivity (Wildman–Crippen MR) is 83.7 cm³/mol. The van der Waals surface area contributed by atoms with E-state index in [4.69, 9.17) is 17.0 Å². The van der Waals surface area contributed by atoms with Gasteiger partial charge in [-0.3, -0.25) is 4.98 Å². The lowest BCUT2D eigenvalue weighted by Gasteiger charge is -2.22. The Bertz CT molecular complexity index is 464. The second-order valence-corrected chi connectivity index (χ2v) is 5.72. The van der Waals surface area contributed by atoms with Gasteiger partial charge in [-0.25, -0.2) is 0 Å². The molecule has 0 aromatic carbocycles. The molecule has 1 aromatic rings. The third-order valence-electron chi connectivity index (χ3n) is 2.81. The van der Waals surface area contributed by atoms with Crippen molar-refractivity contribution in [1.82, 2.24) is 9.88 Å². The summed E-state index contributed by atoms with van der Waals surface area (Å²) in [5.74, 6) is 0.221. The van der Waals surface area contributed by atoms with Crippen molar-refractivity contribution in [2.75, 3.05) is 14.1 Å². The highest BCUT2D eigenvalue weighted by Gasteiger charge is 2.20. The van der Waals surface area contributed by atoms with E-state index in [0.29, 0.717) is 12.2 Å². The molecule has 0 spiro atoms. The van der Waals surface area contributed by atoms with Crippen LogP contribution in [0, 0.1) is 6.92 Å². The molecule has 106 valence electrons. The Hall–Kier alpha value is -0.850. The number of aromatic hydroxyl groups is 1. The van der Waals surface area contributed by atoms with E-state index in [0.717, 1.165) is 17.5 Å². The lowest BCUT2D eigenvalue weighted by Crippen LogP contribution is -2.16. The van der Waals surface area contributed by atoms with Gasteiger partial charge in [0.25, 0.3) is 0 Å². The highest BCUT2D eigenvalue weighted by molar-refractivity contribution is 8.10. The number of thiol groups is 1. The number of thiocarbonyl (C=S) groups is 1. The monoisotopic (exact) mass is 300 g/mol. The predicted octanol–water partition coefficient (Wildman–Crippen LogP) is 2.84. The van der Waals surface area contributed by atoms with Gasteiger partial charge in [-0.2, -0.15) is 0 Å². The van der Waals surface area contributed by atoms with Crippen LogP contribution in [0.2, 0.25) is 0 Å². The molecule has 0 amide bonds. The van der Waals surface area contributed by atoms with E-state index < -0.39 is 0 Å². The molecule has 0 bridgehead atoms. The average Bonchev–Trinajstić information content (AvgIpc) is 2.32. The number of rotatable bonds is 5. The zero-order valence-corrected chi connectivity index (χ0v) is 13.4. The summed E-state index contributed by atoms with van der Waals surface area (Å²) in [6, 6.07) is 0. The first-order valence-corrected chi connectivity index (χ1v) is 6.94. The molecular weight excluding hydrogens is 280 g/mol. The van der Waals surface area contributed by atoms with E-state index in [1.54, 1.807) is 13.1 Å². The number of hydrogen-bond donors (Lipinski definition) is 2. The molecule has 1 N–H and O–H groups in total. The standard InChI is InChI=1S/C13H20N2O2S2/c1-5-11(17-13(18)19)9-6-14-8(2)12(16)10(9)7-15(3)4/h6,11,16H,5,7H2,1-4H3,(H,18,19). The van der Waals surface area contributed by atoms with Crippen LogP contribution in [0.15, 0.2) is 6.20 Å². The van der Waals surface area contributed by atoms with Crippen LogP contribution in [0.4, 0.5) is 0 Å². The van der Waals surface area contributed by atoms with Crippen LogP contribution in [-0.4, -0.2) is 33.5 Å². The molecule has 0 aliphatic rings. The molecule has 0 radical (unpaired) electrons. The van der Waals surface area contributed by atoms with E-state index >= 15 is 0 Å². The van der Waals surface area contributed by atoms with Crippen molar-refractivity contribution in [2.24, 2.45) is 0 Å². The van der Waals surface area contributed by atoms with E-state index in [1.165, 1.54) is 0 Å². The minimum Gasteiger partial charge on any atom is -0.506 e. The van der Waals surface area contributed by atoms with Gasteiger partial charge >= 0.3 is 0 Å². The van der Waals surface area contributed by atoms with E-state index in [2.05, 4.69) is 17.6 Å². The summed E-state index contributed by atoms with van der Waals surface area (Å²) < 4.78 is 5.73. The lowest BCUT2D eigenvalue weighted by atomic mass is 10.0. The summed E-state index contributed by atoms with van der Waals surface area (Å²) in [4.78, 5) is 6.20. The number of ether oxygens (including phenoxy) is 1. The van der Waals surface area contributed by atoms with Crippen LogP contribution in [0.1, 0.15) is 36.3 Å². The maximum Gasteiger partial charge on any atom is 0.217 e. The number of nitrogens with zero attached hydrogens (tertiary/aromatic N) is 2. The molecule has 0 aliphatic carbocycles. The summed E-state index contributed by atoms with van der Waals surface area (Å²) in [6.45, 7) is 4.39. The Morgan fingerprint density at radius 2 is 2.21 bits per heavy atom. The molecule has 0 saturated heterocycles. The van der Waals surface area contributed by atoms with Crippen molar-refractivity contribution in [2.45, 2.75) is 32.9 Å². The minimum atomic E-state index is -0.237. The molecule has 1 atom stereocenters. The van der Waals surface area contributed by atoms with E-state index in [9.17, 15) is 5.11 Å². The molecule has 1 rings (SSSR count). The molecule has 1 unspecified atom stereocenters. The maximum atomic E-state index is 10.2. The van der Waals surface area contributed by atoms with Crippen LogP contribution >= 0.6 is 24.8 Å². The summed E-state index contributed by atoms with van der Waals surface area (Å²) in [6.07, 6.45) is 2.23. The fraction of sp³-hybridized carbons (Fsp3) is 0.538. The number of aryl methyl sites for hydroxylation is 1. The quantitative estimate of drug-likeness (QED) is 0.647. The summed E-state index contributed by atoms with van der Waals surface area (Å²) >= 11 is 8.88. The van der Waals surface area contributed by atoms with Crippen molar-refractivity contribution in [3.8, 4) is 5.75 Å². The second kappa shape index (κ2) is 7.07. The van der Waals surface area contributed by atoms with E-state index in [1.807, 2.05) is 25.9 Å². The van der Waals surface area contributed by atoms with Gasteiger partial charge in [-0.15, -0.1) is 0 Å². The van der Waals surface area contributed by atoms with Gasteiger partial charge in [0, 0.05) is 23.9 Å². The first-order chi connectivity index (χ1) is 8.86. The Labute approximate surface area is 125 Å². The average molecular weight is 300 g/mol. The molecule has 1 aromatic heterocycles. The molecule has 0 saturated carbocycles. The first-order valence-electron chi connectivity index (χ1n) is 6.08. The zero-order valence-electron chi connectivity index (χ0n) is 11.7. The van der Waals surface area contributed by atoms with Gasteiger partial charge in [0.05, 0.1) is 5.69 Å². The van der Waals surface area contributed by atoms with Crippen molar-refractivity contribution >= 4 is 29.2 Å². The molecular formula is C13H20N2O2S2. The molecule has 0 fully saturated rings. The van der Waals surface area contributed by atoms with Gasteiger partial charge < -0.3 is 14.7 Å². The van der Waals surface area contributed by atoms with Crippen molar-refractivity contribution < 1.29 is 9.84 Å². The molecule has 4 nitrogen and oxygen atoms in total. The van der Waals surface area contributed by atoms with Crippen LogP contribution in [-0.2, 0) is 11.3 Å². The topological polar surface area (TPSA) is 45.6 Å². The number of hydrogen-bond acceptors (Lipinski definition) is 5. The van der Waals surface area contributed by atoms with Crippen LogP contribution in [0.25, 0.3) is 0 Å². The Morgan fingerprint density at radius 1 is 1.58 bits per heavy atom. The third kappa shape index (κ3) is 4.33. The summed E-state index contributed by atoms with van der Waals surface area (Å²) in [7, 11) is 3.90. The van der Waals surface area contributed by atoms with Crippen LogP contribution < -0.4 is 0 Å². The molecule has 1 heterocycles. The summed E-state index contributed by atoms with van der Waals surface area (Å²) in [5.41, 5.74) is 2.30. The Balaban J connectivity index is 3.24. The number of aromatic nitrogens is 1. The third-order valence-corrected chi connectivity index (χ3v) is 3.01. The normalized spacial score (nSPS) is 12.5. The van der Waals surface area contributed by atoms with Gasteiger partial charge in [0.1, 0.15) is 11.9 Å². The zero-order chi connectivity index (χ0) is 14.6. The highest BCUT2D eigenvalue weighted by Crippen LogP contribution is 2.32. The SMILES string of the molecule is CCC(OC(=S)S)c1cnc(C)c(O)c1CN(C)C. The first kappa shape index (κ1) is 16.2. The van der Waals surface area contributed by atoms with Crippen molar-refractivity contribution in [3.63, 3.8) is 0 Å². The van der Waals surface area contributed by atoms with Gasteiger partial charge in [0.2, 0.25) is 4.38 Å². The van der Waals surface area contributed by atoms with Crippen LogP contribution in [0.3, 0.4) is 0 Å². The van der Waals surface area contributed by atoms with Gasteiger partial charge in [0.15, 0.2) is 0 Å². The fourth-order valence-corrected chi connectivity index (χ4v) is 2.15. The number of pyridine rings is 1. The van der Waals surface area contributed by atoms with Gasteiger partial charge in [-0.1, -0.05) is 19.6 Å². The Kier molecular flexibility index (Phi) is 6.03. The summed E-state index contributed by atoms with van der Waals surface area (Å²) in [5, 5.41) is 10.2. The van der Waals surface area contributed by atoms with Crippen molar-refractivity contribution in [3.05, 3.63) is 23.0 Å². The smallest absolute Gasteiger partial charge is 0.217 e. The van der Waals surface area contributed by atoms with Crippen LogP contribution in [0.5, 0.6) is 5.75 Å².